The van der Waals surface area contributed by atoms with Gasteiger partial charge >= 0.3 is 0 Å². The first kappa shape index (κ1) is 9.93. The van der Waals surface area contributed by atoms with Gasteiger partial charge in [0, 0.05) is 26.1 Å². The van der Waals surface area contributed by atoms with E-state index in [1.165, 1.54) is 19.3 Å². The van der Waals surface area contributed by atoms with E-state index in [0.717, 1.165) is 19.6 Å². The van der Waals surface area contributed by atoms with Crippen molar-refractivity contribution < 1.29 is 4.79 Å². The molecule has 0 bridgehead atoms. The maximum absolute atomic E-state index is 11.5. The number of nitrogens with one attached hydrogen (secondary N) is 1. The van der Waals surface area contributed by atoms with Gasteiger partial charge in [-0.15, -0.1) is 0 Å². The molecular weight excluding hydrogens is 178 g/mol. The Morgan fingerprint density at radius 1 is 1.50 bits per heavy atom. The van der Waals surface area contributed by atoms with Gasteiger partial charge < -0.3 is 5.32 Å². The lowest BCUT2D eigenvalue weighted by Gasteiger charge is -2.31. The van der Waals surface area contributed by atoms with Crippen LogP contribution in [-0.2, 0) is 4.79 Å². The minimum absolute atomic E-state index is 0.278. The third-order valence-electron chi connectivity index (χ3n) is 3.15. The molecule has 1 atom stereocenters. The molecule has 0 aliphatic carbocycles. The predicted octanol–water partition coefficient (Wildman–Crippen LogP) is 0.208. The van der Waals surface area contributed by atoms with Gasteiger partial charge in [-0.05, 0) is 19.4 Å². The normalized spacial score (nSPS) is 29.9. The first-order valence-electron chi connectivity index (χ1n) is 5.52. The number of hydrogen-bond acceptors (Lipinski definition) is 3. The maximum Gasteiger partial charge on any atom is 0.238 e. The summed E-state index contributed by atoms with van der Waals surface area (Å²) < 4.78 is 0. The fourth-order valence-corrected chi connectivity index (χ4v) is 2.23. The van der Waals surface area contributed by atoms with Gasteiger partial charge in [-0.1, -0.05) is 6.42 Å². The zero-order chi connectivity index (χ0) is 9.97. The van der Waals surface area contributed by atoms with Gasteiger partial charge in [-0.2, -0.15) is 0 Å². The summed E-state index contributed by atoms with van der Waals surface area (Å²) >= 11 is 0. The Bertz CT molecular complexity index is 213. The molecule has 1 unspecified atom stereocenters. The van der Waals surface area contributed by atoms with Gasteiger partial charge in [0.15, 0.2) is 0 Å². The van der Waals surface area contributed by atoms with E-state index in [2.05, 4.69) is 5.32 Å². The topological polar surface area (TPSA) is 35.6 Å². The fraction of sp³-hybridized carbons (Fsp3) is 0.900. The minimum atomic E-state index is 0.278. The van der Waals surface area contributed by atoms with Crippen LogP contribution in [-0.4, -0.2) is 48.6 Å². The van der Waals surface area contributed by atoms with Crippen LogP contribution in [0.5, 0.6) is 0 Å². The summed E-state index contributed by atoms with van der Waals surface area (Å²) in [4.78, 5) is 11.5. The van der Waals surface area contributed by atoms with Crippen molar-refractivity contribution in [1.82, 2.24) is 15.3 Å². The molecule has 2 fully saturated rings. The molecule has 0 spiro atoms. The molecule has 2 saturated heterocycles. The third-order valence-corrected chi connectivity index (χ3v) is 3.15. The lowest BCUT2D eigenvalue weighted by atomic mass is 10.1. The van der Waals surface area contributed by atoms with Crippen molar-refractivity contribution in [2.75, 3.05) is 26.7 Å². The molecule has 2 heterocycles. The van der Waals surface area contributed by atoms with E-state index in [9.17, 15) is 4.79 Å². The maximum atomic E-state index is 11.5. The van der Waals surface area contributed by atoms with Crippen molar-refractivity contribution in [2.24, 2.45) is 0 Å². The number of piperidine rings is 1. The Morgan fingerprint density at radius 3 is 2.93 bits per heavy atom. The van der Waals surface area contributed by atoms with Crippen molar-refractivity contribution in [2.45, 2.75) is 31.7 Å². The molecule has 80 valence electrons. The molecule has 0 saturated carbocycles. The van der Waals surface area contributed by atoms with Crippen LogP contribution in [0.3, 0.4) is 0 Å². The van der Waals surface area contributed by atoms with Gasteiger partial charge in [-0.25, -0.2) is 5.01 Å². The largest absolute Gasteiger partial charge is 0.312 e. The fourth-order valence-electron chi connectivity index (χ4n) is 2.23. The lowest BCUT2D eigenvalue weighted by molar-refractivity contribution is -0.137. The van der Waals surface area contributed by atoms with E-state index >= 15 is 0 Å². The molecule has 1 amide bonds. The molecule has 2 aliphatic rings. The van der Waals surface area contributed by atoms with Gasteiger partial charge in [0.25, 0.3) is 0 Å². The highest BCUT2D eigenvalue weighted by atomic mass is 16.2. The summed E-state index contributed by atoms with van der Waals surface area (Å²) in [5.74, 6) is 0.278. The Balaban J connectivity index is 1.85. The quantitative estimate of drug-likeness (QED) is 0.687. The Morgan fingerprint density at radius 2 is 2.36 bits per heavy atom. The average Bonchev–Trinajstić information content (AvgIpc) is 2.51. The van der Waals surface area contributed by atoms with E-state index < -0.39 is 0 Å². The SMILES string of the molecule is CN1CCC(=O)N1CC1CCCCN1. The third kappa shape index (κ3) is 2.07. The van der Waals surface area contributed by atoms with Crippen LogP contribution in [0, 0.1) is 0 Å². The number of amides is 1. The van der Waals surface area contributed by atoms with Crippen LogP contribution in [0.15, 0.2) is 0 Å². The first-order chi connectivity index (χ1) is 6.77. The van der Waals surface area contributed by atoms with Crippen LogP contribution < -0.4 is 5.32 Å². The molecule has 0 aromatic rings. The number of rotatable bonds is 2. The molecule has 14 heavy (non-hydrogen) atoms. The summed E-state index contributed by atoms with van der Waals surface area (Å²) in [5.41, 5.74) is 0. The monoisotopic (exact) mass is 197 g/mol. The molecule has 0 aromatic heterocycles. The number of carbonyl (C=O) groups excluding carboxylic acids is 1. The van der Waals surface area contributed by atoms with Gasteiger partial charge in [0.2, 0.25) is 5.91 Å². The van der Waals surface area contributed by atoms with Gasteiger partial charge in [-0.3, -0.25) is 9.80 Å². The van der Waals surface area contributed by atoms with Crippen molar-refractivity contribution in [3.63, 3.8) is 0 Å². The average molecular weight is 197 g/mol. The van der Waals surface area contributed by atoms with Crippen LogP contribution in [0.2, 0.25) is 0 Å². The van der Waals surface area contributed by atoms with E-state index in [1.807, 2.05) is 17.1 Å². The van der Waals surface area contributed by atoms with Gasteiger partial charge in [0.05, 0.1) is 6.54 Å². The minimum Gasteiger partial charge on any atom is -0.312 e. The molecule has 2 rings (SSSR count). The Labute approximate surface area is 85.2 Å². The smallest absolute Gasteiger partial charge is 0.238 e. The standard InChI is InChI=1S/C10H19N3O/c1-12-7-5-10(14)13(12)8-9-4-2-3-6-11-9/h9,11H,2-8H2,1H3. The van der Waals surface area contributed by atoms with Crippen molar-refractivity contribution in [3.05, 3.63) is 0 Å². The van der Waals surface area contributed by atoms with E-state index in [4.69, 9.17) is 0 Å². The molecular formula is C10H19N3O. The van der Waals surface area contributed by atoms with Gasteiger partial charge in [0.1, 0.15) is 0 Å². The molecule has 0 aromatic carbocycles. The van der Waals surface area contributed by atoms with Crippen molar-refractivity contribution in [3.8, 4) is 0 Å². The molecule has 4 nitrogen and oxygen atoms in total. The van der Waals surface area contributed by atoms with Crippen LogP contribution >= 0.6 is 0 Å². The summed E-state index contributed by atoms with van der Waals surface area (Å²) in [6.45, 7) is 2.84. The second-order valence-corrected chi connectivity index (χ2v) is 4.25. The summed E-state index contributed by atoms with van der Waals surface area (Å²) in [6, 6.07) is 0.508. The second kappa shape index (κ2) is 4.28. The summed E-state index contributed by atoms with van der Waals surface area (Å²) in [6.07, 6.45) is 4.46. The summed E-state index contributed by atoms with van der Waals surface area (Å²) in [5, 5.41) is 7.40. The predicted molar refractivity (Wildman–Crippen MR) is 54.6 cm³/mol. The van der Waals surface area contributed by atoms with Crippen molar-refractivity contribution in [1.29, 1.82) is 0 Å². The highest BCUT2D eigenvalue weighted by molar-refractivity contribution is 5.77. The number of carbonyl (C=O) groups is 1. The molecule has 4 heteroatoms. The van der Waals surface area contributed by atoms with Crippen LogP contribution in [0.1, 0.15) is 25.7 Å². The molecule has 0 radical (unpaired) electrons. The zero-order valence-electron chi connectivity index (χ0n) is 8.83. The lowest BCUT2D eigenvalue weighted by Crippen LogP contribution is -2.47. The first-order valence-corrected chi connectivity index (χ1v) is 5.52. The van der Waals surface area contributed by atoms with Crippen molar-refractivity contribution >= 4 is 5.91 Å². The molecule has 1 N–H and O–H groups in total. The Kier molecular flexibility index (Phi) is 3.03. The van der Waals surface area contributed by atoms with Crippen LogP contribution in [0.4, 0.5) is 0 Å². The number of hydrazine groups is 1. The number of hydrogen-bond donors (Lipinski definition) is 1. The van der Waals surface area contributed by atoms with E-state index in [-0.39, 0.29) is 5.91 Å². The summed E-state index contributed by atoms with van der Waals surface area (Å²) in [7, 11) is 1.99. The Hall–Kier alpha value is -0.610. The second-order valence-electron chi connectivity index (χ2n) is 4.25. The highest BCUT2D eigenvalue weighted by Crippen LogP contribution is 2.14. The zero-order valence-corrected chi connectivity index (χ0v) is 8.83. The van der Waals surface area contributed by atoms with E-state index in [1.54, 1.807) is 0 Å². The highest BCUT2D eigenvalue weighted by Gasteiger charge is 2.28. The van der Waals surface area contributed by atoms with Crippen LogP contribution in [0.25, 0.3) is 0 Å². The number of nitrogens with zero attached hydrogens (tertiary/aromatic N) is 2. The molecule has 2 aliphatic heterocycles. The van der Waals surface area contributed by atoms with E-state index in [0.29, 0.717) is 12.5 Å².